The van der Waals surface area contributed by atoms with Crippen molar-refractivity contribution in [3.05, 3.63) is 60.0 Å². The fourth-order valence-corrected chi connectivity index (χ4v) is 7.99. The number of carboxylic acids is 1. The summed E-state index contributed by atoms with van der Waals surface area (Å²) >= 11 is 0. The summed E-state index contributed by atoms with van der Waals surface area (Å²) in [6.07, 6.45) is 18.6. The minimum absolute atomic E-state index is 0.0308. The number of aromatic nitrogens is 4. The van der Waals surface area contributed by atoms with E-state index in [-0.39, 0.29) is 28.5 Å². The van der Waals surface area contributed by atoms with Crippen molar-refractivity contribution in [3.8, 4) is 0 Å². The van der Waals surface area contributed by atoms with E-state index in [1.807, 2.05) is 4.57 Å². The van der Waals surface area contributed by atoms with Gasteiger partial charge in [-0.1, -0.05) is 31.6 Å². The van der Waals surface area contributed by atoms with Crippen LogP contribution in [0.4, 0.5) is 0 Å². The molecular weight excluding hydrogens is 454 g/mol. The van der Waals surface area contributed by atoms with Gasteiger partial charge < -0.3 is 15.0 Å². The second kappa shape index (κ2) is 8.39. The molecule has 2 fully saturated rings. The second-order valence-corrected chi connectivity index (χ2v) is 11.6. The Morgan fingerprint density at radius 2 is 1.92 bits per heavy atom. The molecule has 2 aromatic heterocycles. The summed E-state index contributed by atoms with van der Waals surface area (Å²) in [4.78, 5) is 28.2. The van der Waals surface area contributed by atoms with Gasteiger partial charge in [0.2, 0.25) is 0 Å². The summed E-state index contributed by atoms with van der Waals surface area (Å²) in [6.45, 7) is 4.83. The summed E-state index contributed by atoms with van der Waals surface area (Å²) in [5, 5.41) is 20.1. The molecule has 0 saturated heterocycles. The first-order chi connectivity index (χ1) is 17.3. The first-order valence-electron chi connectivity index (χ1n) is 13.0. The molecule has 6 rings (SSSR count). The van der Waals surface area contributed by atoms with Crippen molar-refractivity contribution in [1.29, 1.82) is 0 Å². The Morgan fingerprint density at radius 3 is 2.67 bits per heavy atom. The van der Waals surface area contributed by atoms with Gasteiger partial charge in [-0.05, 0) is 74.2 Å². The zero-order valence-electron chi connectivity index (χ0n) is 20.9. The van der Waals surface area contributed by atoms with Crippen LogP contribution < -0.4 is 5.32 Å². The molecule has 8 heteroatoms. The lowest BCUT2D eigenvalue weighted by atomic mass is 9.47. The van der Waals surface area contributed by atoms with Gasteiger partial charge in [0.15, 0.2) is 5.69 Å². The number of rotatable bonds is 4. The lowest BCUT2D eigenvalue weighted by Crippen LogP contribution is -2.51. The van der Waals surface area contributed by atoms with Crippen LogP contribution in [0.25, 0.3) is 5.70 Å². The first-order valence-corrected chi connectivity index (χ1v) is 13.0. The molecule has 36 heavy (non-hydrogen) atoms. The number of hydrogen-bond donors (Lipinski definition) is 2. The average molecular weight is 488 g/mol. The molecule has 2 saturated carbocycles. The van der Waals surface area contributed by atoms with Crippen molar-refractivity contribution in [3.63, 3.8) is 0 Å². The summed E-state index contributed by atoms with van der Waals surface area (Å²) in [5.41, 5.74) is 3.59. The zero-order chi connectivity index (χ0) is 25.1. The van der Waals surface area contributed by atoms with Crippen molar-refractivity contribution in [1.82, 2.24) is 25.1 Å². The van der Waals surface area contributed by atoms with Crippen LogP contribution in [0.1, 0.15) is 79.6 Å². The van der Waals surface area contributed by atoms with E-state index in [9.17, 15) is 14.7 Å². The predicted octanol–water partition coefficient (Wildman–Crippen LogP) is 4.58. The first kappa shape index (κ1) is 23.1. The third-order valence-electron chi connectivity index (χ3n) is 9.91. The van der Waals surface area contributed by atoms with Gasteiger partial charge >= 0.3 is 5.97 Å². The van der Waals surface area contributed by atoms with E-state index in [1.54, 1.807) is 24.8 Å². The molecule has 3 unspecified atom stereocenters. The number of carbonyl (C=O) groups is 2. The zero-order valence-corrected chi connectivity index (χ0v) is 20.9. The normalized spacial score (nSPS) is 35.1. The Bertz CT molecular complexity index is 1270. The van der Waals surface area contributed by atoms with E-state index in [2.05, 4.69) is 46.5 Å². The standard InChI is InChI=1S/C28H33N5O3/c1-27-10-7-19(32-25(34)17-9-12-30-31-14-17)13-18(27)3-4-20-21-5-6-24(28(21,2)11-8-22(20)27)33-15-23(26(35)36)29-16-33/h3,6,9,12,14-16,19-22H,4-5,7-8,10-11,13H2,1-2H3,(H,32,34)(H,35,36)/t19-,20?,21?,22?,27-,28-/m0/s1. The Hall–Kier alpha value is -3.29. The van der Waals surface area contributed by atoms with Gasteiger partial charge in [-0.15, -0.1) is 0 Å². The van der Waals surface area contributed by atoms with E-state index in [0.717, 1.165) is 38.5 Å². The number of imidazole rings is 1. The van der Waals surface area contributed by atoms with E-state index < -0.39 is 5.97 Å². The molecule has 0 aliphatic heterocycles. The Labute approximate surface area is 210 Å². The molecule has 1 amide bonds. The highest BCUT2D eigenvalue weighted by Crippen LogP contribution is 2.65. The van der Waals surface area contributed by atoms with Crippen LogP contribution in [0.2, 0.25) is 0 Å². The van der Waals surface area contributed by atoms with Gasteiger partial charge in [-0.25, -0.2) is 9.78 Å². The highest BCUT2D eigenvalue weighted by Gasteiger charge is 2.57. The van der Waals surface area contributed by atoms with Crippen molar-refractivity contribution in [2.45, 2.75) is 64.8 Å². The third kappa shape index (κ3) is 3.52. The van der Waals surface area contributed by atoms with Gasteiger partial charge in [0.1, 0.15) is 0 Å². The van der Waals surface area contributed by atoms with Gasteiger partial charge in [0.25, 0.3) is 5.91 Å². The molecule has 0 bridgehead atoms. The third-order valence-corrected chi connectivity index (χ3v) is 9.91. The van der Waals surface area contributed by atoms with Crippen LogP contribution in [-0.2, 0) is 0 Å². The molecule has 0 radical (unpaired) electrons. The molecule has 2 N–H and O–H groups in total. The molecule has 8 nitrogen and oxygen atoms in total. The van der Waals surface area contributed by atoms with Crippen molar-refractivity contribution < 1.29 is 14.7 Å². The minimum atomic E-state index is -0.986. The highest BCUT2D eigenvalue weighted by atomic mass is 16.4. The molecule has 4 aliphatic carbocycles. The number of carbonyl (C=O) groups excluding carboxylic acids is 1. The van der Waals surface area contributed by atoms with Gasteiger partial charge in [-0.2, -0.15) is 10.2 Å². The summed E-state index contributed by atoms with van der Waals surface area (Å²) in [7, 11) is 0. The van der Waals surface area contributed by atoms with Crippen LogP contribution in [-0.4, -0.2) is 42.8 Å². The number of amides is 1. The number of fused-ring (bicyclic) bond motifs is 5. The number of carboxylic acid groups (broad SMARTS) is 1. The average Bonchev–Trinajstić information content (AvgIpc) is 3.49. The smallest absolute Gasteiger partial charge is 0.356 e. The molecule has 0 aromatic carbocycles. The van der Waals surface area contributed by atoms with Crippen LogP contribution in [0.15, 0.2) is 48.7 Å². The summed E-state index contributed by atoms with van der Waals surface area (Å²) in [5.74, 6) is 0.744. The van der Waals surface area contributed by atoms with E-state index >= 15 is 0 Å². The maximum absolute atomic E-state index is 12.7. The van der Waals surface area contributed by atoms with Crippen LogP contribution in [0.3, 0.4) is 0 Å². The number of nitrogens with one attached hydrogen (secondary N) is 1. The van der Waals surface area contributed by atoms with E-state index in [1.165, 1.54) is 23.9 Å². The monoisotopic (exact) mass is 487 g/mol. The molecular formula is C28H33N5O3. The Morgan fingerprint density at radius 1 is 1.08 bits per heavy atom. The molecule has 4 aliphatic rings. The van der Waals surface area contributed by atoms with Crippen molar-refractivity contribution >= 4 is 17.6 Å². The molecule has 2 aromatic rings. The Kier molecular flexibility index (Phi) is 5.39. The SMILES string of the molecule is C[C@]12CC[C@H](NC(=O)c3ccnnc3)CC1=CCC1C2CC[C@]2(C)C(n3cnc(C(=O)O)c3)=CCC12. The summed E-state index contributed by atoms with van der Waals surface area (Å²) in [6, 6.07) is 1.86. The van der Waals surface area contributed by atoms with Crippen molar-refractivity contribution in [2.75, 3.05) is 0 Å². The molecule has 188 valence electrons. The fourth-order valence-electron chi connectivity index (χ4n) is 7.99. The number of hydrogen-bond acceptors (Lipinski definition) is 5. The summed E-state index contributed by atoms with van der Waals surface area (Å²) < 4.78 is 1.95. The molecule has 0 spiro atoms. The van der Waals surface area contributed by atoms with Crippen LogP contribution >= 0.6 is 0 Å². The van der Waals surface area contributed by atoms with Gasteiger partial charge in [-0.3, -0.25) is 4.79 Å². The number of nitrogens with zero attached hydrogens (tertiary/aromatic N) is 4. The fraction of sp³-hybridized carbons (Fsp3) is 0.536. The number of allylic oxidation sites excluding steroid dienone is 3. The largest absolute Gasteiger partial charge is 0.476 e. The number of aromatic carboxylic acids is 1. The van der Waals surface area contributed by atoms with Crippen LogP contribution in [0, 0.1) is 28.6 Å². The lowest BCUT2D eigenvalue weighted by molar-refractivity contribution is -0.0137. The van der Waals surface area contributed by atoms with Crippen LogP contribution in [0.5, 0.6) is 0 Å². The molecule has 2 heterocycles. The lowest BCUT2D eigenvalue weighted by Gasteiger charge is -2.58. The van der Waals surface area contributed by atoms with Gasteiger partial charge in [0.05, 0.1) is 24.3 Å². The predicted molar refractivity (Wildman–Crippen MR) is 134 cm³/mol. The van der Waals surface area contributed by atoms with E-state index in [0.29, 0.717) is 23.3 Å². The molecule has 6 atom stereocenters. The Balaban J connectivity index is 1.19. The minimum Gasteiger partial charge on any atom is -0.476 e. The highest BCUT2D eigenvalue weighted by molar-refractivity contribution is 5.94. The second-order valence-electron chi connectivity index (χ2n) is 11.6. The van der Waals surface area contributed by atoms with Crippen molar-refractivity contribution in [2.24, 2.45) is 28.6 Å². The maximum atomic E-state index is 12.7. The maximum Gasteiger partial charge on any atom is 0.356 e. The topological polar surface area (TPSA) is 110 Å². The van der Waals surface area contributed by atoms with Gasteiger partial charge in [0, 0.05) is 23.4 Å². The quantitative estimate of drug-likeness (QED) is 0.611. The van der Waals surface area contributed by atoms with E-state index in [4.69, 9.17) is 0 Å².